The molecule has 0 saturated heterocycles. The molecule has 0 aromatic heterocycles. The van der Waals surface area contributed by atoms with Gasteiger partial charge in [-0.15, -0.1) is 0 Å². The largest absolute Gasteiger partial charge is 0.466 e. The lowest BCUT2D eigenvalue weighted by molar-refractivity contribution is -0.149. The minimum absolute atomic E-state index is 0.190. The van der Waals surface area contributed by atoms with Crippen LogP contribution in [0, 0.1) is 5.92 Å². The van der Waals surface area contributed by atoms with Crippen LogP contribution in [0.25, 0.3) is 0 Å². The molecule has 1 unspecified atom stereocenters. The van der Waals surface area contributed by atoms with Crippen molar-refractivity contribution in [2.24, 2.45) is 5.92 Å². The first-order valence-electron chi connectivity index (χ1n) is 7.06. The Morgan fingerprint density at radius 1 is 1.33 bits per heavy atom. The summed E-state index contributed by atoms with van der Waals surface area (Å²) in [6, 6.07) is 0.367. The molecule has 1 fully saturated rings. The van der Waals surface area contributed by atoms with Gasteiger partial charge in [-0.1, -0.05) is 20.3 Å². The number of hydrogen-bond donors (Lipinski definition) is 0. The molecule has 1 amide bonds. The van der Waals surface area contributed by atoms with Crippen molar-refractivity contribution in [1.29, 1.82) is 0 Å². The van der Waals surface area contributed by atoms with E-state index in [0.717, 1.165) is 25.7 Å². The summed E-state index contributed by atoms with van der Waals surface area (Å²) in [5, 5.41) is 0. The van der Waals surface area contributed by atoms with Crippen LogP contribution in [-0.2, 0) is 14.3 Å². The number of amides is 1. The van der Waals surface area contributed by atoms with E-state index in [9.17, 15) is 9.59 Å². The van der Waals surface area contributed by atoms with Crippen molar-refractivity contribution in [3.05, 3.63) is 0 Å². The first-order valence-corrected chi connectivity index (χ1v) is 7.06. The second-order valence-corrected chi connectivity index (χ2v) is 5.03. The molecule has 4 heteroatoms. The van der Waals surface area contributed by atoms with Crippen LogP contribution < -0.4 is 0 Å². The van der Waals surface area contributed by atoms with E-state index in [2.05, 4.69) is 6.92 Å². The molecular formula is C14H25NO3. The fraction of sp³-hybridized carbons (Fsp3) is 0.857. The summed E-state index contributed by atoms with van der Waals surface area (Å²) >= 11 is 0. The molecule has 4 nitrogen and oxygen atoms in total. The Bertz CT molecular complexity index is 287. The summed E-state index contributed by atoms with van der Waals surface area (Å²) in [7, 11) is 0. The Morgan fingerprint density at radius 2 is 2.00 bits per heavy atom. The van der Waals surface area contributed by atoms with Crippen LogP contribution in [0.5, 0.6) is 0 Å². The zero-order valence-electron chi connectivity index (χ0n) is 11.8. The summed E-state index contributed by atoms with van der Waals surface area (Å²) in [5.41, 5.74) is 0. The molecule has 104 valence electrons. The predicted octanol–water partition coefficient (Wildman–Crippen LogP) is 2.37. The van der Waals surface area contributed by atoms with Gasteiger partial charge in [-0.05, 0) is 26.2 Å². The summed E-state index contributed by atoms with van der Waals surface area (Å²) in [6.45, 7) is 6.62. The zero-order valence-corrected chi connectivity index (χ0v) is 11.8. The number of esters is 1. The molecule has 0 N–H and O–H groups in total. The molecule has 0 bridgehead atoms. The van der Waals surface area contributed by atoms with E-state index >= 15 is 0 Å². The number of rotatable bonds is 8. The standard InChI is InChI=1S/C14H25NO3/c1-4-6-7-13(16)15(12-8-9-12)10-11(3)14(17)18-5-2/h11-12H,4-10H2,1-3H3. The molecule has 1 aliphatic rings. The van der Waals surface area contributed by atoms with E-state index in [1.807, 2.05) is 11.8 Å². The van der Waals surface area contributed by atoms with Crippen LogP contribution in [0.2, 0.25) is 0 Å². The molecule has 0 spiro atoms. The van der Waals surface area contributed by atoms with E-state index in [1.54, 1.807) is 6.92 Å². The Labute approximate surface area is 110 Å². The van der Waals surface area contributed by atoms with Gasteiger partial charge < -0.3 is 9.64 Å². The lowest BCUT2D eigenvalue weighted by Gasteiger charge is -2.25. The summed E-state index contributed by atoms with van der Waals surface area (Å²) in [4.78, 5) is 25.6. The SMILES string of the molecule is CCCCC(=O)N(CC(C)C(=O)OCC)C1CC1. The van der Waals surface area contributed by atoms with Gasteiger partial charge in [-0.25, -0.2) is 0 Å². The third-order valence-electron chi connectivity index (χ3n) is 3.21. The molecule has 0 radical (unpaired) electrons. The van der Waals surface area contributed by atoms with Crippen molar-refractivity contribution in [1.82, 2.24) is 4.90 Å². The Kier molecular flexibility index (Phi) is 6.16. The Hall–Kier alpha value is -1.06. The lowest BCUT2D eigenvalue weighted by atomic mass is 10.1. The second kappa shape index (κ2) is 7.39. The maximum absolute atomic E-state index is 12.1. The predicted molar refractivity (Wildman–Crippen MR) is 70.1 cm³/mol. The molecule has 1 atom stereocenters. The van der Waals surface area contributed by atoms with Crippen molar-refractivity contribution in [3.8, 4) is 0 Å². The van der Waals surface area contributed by atoms with Gasteiger partial charge in [-0.2, -0.15) is 0 Å². The van der Waals surface area contributed by atoms with Crippen molar-refractivity contribution < 1.29 is 14.3 Å². The van der Waals surface area contributed by atoms with E-state index in [4.69, 9.17) is 4.74 Å². The van der Waals surface area contributed by atoms with Crippen LogP contribution in [-0.4, -0.2) is 36.0 Å². The lowest BCUT2D eigenvalue weighted by Crippen LogP contribution is -2.38. The third kappa shape index (κ3) is 4.67. The topological polar surface area (TPSA) is 46.6 Å². The average Bonchev–Trinajstić information content (AvgIpc) is 3.17. The summed E-state index contributed by atoms with van der Waals surface area (Å²) in [5.74, 6) is -0.238. The fourth-order valence-corrected chi connectivity index (χ4v) is 1.97. The Balaban J connectivity index is 2.47. The van der Waals surface area contributed by atoms with Gasteiger partial charge in [0.15, 0.2) is 0 Å². The molecule has 1 rings (SSSR count). The molecule has 0 aromatic rings. The molecule has 1 aliphatic carbocycles. The molecule has 0 aromatic carbocycles. The van der Waals surface area contributed by atoms with Gasteiger partial charge in [0.2, 0.25) is 5.91 Å². The smallest absolute Gasteiger partial charge is 0.310 e. The summed E-state index contributed by atoms with van der Waals surface area (Å²) in [6.07, 6.45) is 4.71. The highest BCUT2D eigenvalue weighted by Gasteiger charge is 2.34. The molecular weight excluding hydrogens is 230 g/mol. The van der Waals surface area contributed by atoms with Crippen molar-refractivity contribution in [2.45, 2.75) is 58.9 Å². The molecule has 1 saturated carbocycles. The number of carbonyl (C=O) groups is 2. The van der Waals surface area contributed by atoms with E-state index in [-0.39, 0.29) is 17.8 Å². The molecule has 0 aliphatic heterocycles. The van der Waals surface area contributed by atoms with Crippen molar-refractivity contribution in [3.63, 3.8) is 0 Å². The maximum Gasteiger partial charge on any atom is 0.310 e. The highest BCUT2D eigenvalue weighted by atomic mass is 16.5. The quantitative estimate of drug-likeness (QED) is 0.626. The van der Waals surface area contributed by atoms with Crippen LogP contribution in [0.1, 0.15) is 52.9 Å². The van der Waals surface area contributed by atoms with E-state index in [1.165, 1.54) is 0 Å². The number of unbranched alkanes of at least 4 members (excludes halogenated alkanes) is 1. The van der Waals surface area contributed by atoms with Crippen molar-refractivity contribution in [2.75, 3.05) is 13.2 Å². The van der Waals surface area contributed by atoms with Gasteiger partial charge in [0.1, 0.15) is 0 Å². The highest BCUT2D eigenvalue weighted by Crippen LogP contribution is 2.28. The minimum Gasteiger partial charge on any atom is -0.466 e. The Morgan fingerprint density at radius 3 is 2.50 bits per heavy atom. The number of nitrogens with zero attached hydrogens (tertiary/aromatic N) is 1. The first kappa shape index (κ1) is 15.0. The normalized spacial score (nSPS) is 16.2. The number of hydrogen-bond acceptors (Lipinski definition) is 3. The fourth-order valence-electron chi connectivity index (χ4n) is 1.97. The molecule has 18 heavy (non-hydrogen) atoms. The van der Waals surface area contributed by atoms with Gasteiger partial charge in [0, 0.05) is 19.0 Å². The van der Waals surface area contributed by atoms with E-state index < -0.39 is 0 Å². The van der Waals surface area contributed by atoms with E-state index in [0.29, 0.717) is 25.6 Å². The number of ether oxygens (including phenoxy) is 1. The van der Waals surface area contributed by atoms with Crippen molar-refractivity contribution >= 4 is 11.9 Å². The molecule has 0 heterocycles. The highest BCUT2D eigenvalue weighted by molar-refractivity contribution is 5.78. The third-order valence-corrected chi connectivity index (χ3v) is 3.21. The van der Waals surface area contributed by atoms with Crippen LogP contribution in [0.4, 0.5) is 0 Å². The summed E-state index contributed by atoms with van der Waals surface area (Å²) < 4.78 is 4.99. The number of carbonyl (C=O) groups excluding carboxylic acids is 2. The minimum atomic E-state index is -0.226. The van der Waals surface area contributed by atoms with Gasteiger partial charge in [0.05, 0.1) is 12.5 Å². The second-order valence-electron chi connectivity index (χ2n) is 5.03. The van der Waals surface area contributed by atoms with Crippen LogP contribution in [0.15, 0.2) is 0 Å². The monoisotopic (exact) mass is 255 g/mol. The van der Waals surface area contributed by atoms with Crippen LogP contribution in [0.3, 0.4) is 0 Å². The van der Waals surface area contributed by atoms with Crippen LogP contribution >= 0.6 is 0 Å². The maximum atomic E-state index is 12.1. The first-order chi connectivity index (χ1) is 8.60. The van der Waals surface area contributed by atoms with Gasteiger partial charge in [-0.3, -0.25) is 9.59 Å². The van der Waals surface area contributed by atoms with Gasteiger partial charge >= 0.3 is 5.97 Å². The zero-order chi connectivity index (χ0) is 13.5. The van der Waals surface area contributed by atoms with Gasteiger partial charge in [0.25, 0.3) is 0 Å². The average molecular weight is 255 g/mol.